The van der Waals surface area contributed by atoms with E-state index in [9.17, 15) is 13.2 Å². The Balaban J connectivity index is 1.22. The lowest BCUT2D eigenvalue weighted by Gasteiger charge is -2.53. The minimum absolute atomic E-state index is 0.265. The maximum Gasteiger partial charge on any atom is 0.264 e. The Hall–Kier alpha value is -2.63. The normalized spacial score (nSPS) is 27.4. The lowest BCUT2D eigenvalue weighted by molar-refractivity contribution is -0.116. The number of fused-ring (bicyclic) bond motifs is 4. The summed E-state index contributed by atoms with van der Waals surface area (Å²) in [5.74, 6) is 0.777. The molecule has 0 radical (unpaired) electrons. The molecule has 2 aliphatic carbocycles. The van der Waals surface area contributed by atoms with E-state index in [1.54, 1.807) is 19.9 Å². The van der Waals surface area contributed by atoms with Crippen molar-refractivity contribution in [1.82, 2.24) is 14.5 Å². The van der Waals surface area contributed by atoms with E-state index in [2.05, 4.69) is 57.6 Å². The molecule has 0 aromatic heterocycles. The third-order valence-corrected chi connectivity index (χ3v) is 15.0. The van der Waals surface area contributed by atoms with Gasteiger partial charge < -0.3 is 14.4 Å². The number of nitrogens with zero attached hydrogens (tertiary/aromatic N) is 3. The molecule has 2 aromatic carbocycles. The first-order valence-electron chi connectivity index (χ1n) is 20.6. The number of benzene rings is 2. The number of piperidine rings is 1. The molecule has 9 nitrogen and oxygen atoms in total. The molecule has 2 saturated heterocycles. The minimum atomic E-state index is -3.80. The van der Waals surface area contributed by atoms with E-state index in [-0.39, 0.29) is 5.41 Å². The predicted octanol–water partition coefficient (Wildman–Crippen LogP) is 7.22. The van der Waals surface area contributed by atoms with Gasteiger partial charge in [0.05, 0.1) is 17.5 Å². The number of amides is 1. The van der Waals surface area contributed by atoms with E-state index in [1.165, 1.54) is 36.9 Å². The first kappa shape index (κ1) is 39.6. The molecule has 3 heterocycles. The second-order valence-corrected chi connectivity index (χ2v) is 19.5. The fourth-order valence-corrected chi connectivity index (χ4v) is 10.9. The first-order chi connectivity index (χ1) is 26.0. The molecule has 5 atom stereocenters. The van der Waals surface area contributed by atoms with Gasteiger partial charge in [0.1, 0.15) is 11.4 Å². The van der Waals surface area contributed by atoms with Crippen molar-refractivity contribution >= 4 is 33.2 Å². The summed E-state index contributed by atoms with van der Waals surface area (Å²) in [6, 6.07) is 12.3. The number of nitrogens with one attached hydrogen (secondary N) is 1. The van der Waals surface area contributed by atoms with Crippen LogP contribution in [0.5, 0.6) is 5.75 Å². The summed E-state index contributed by atoms with van der Waals surface area (Å²) in [7, 11) is -3.80. The number of rotatable bonds is 12. The van der Waals surface area contributed by atoms with Crippen molar-refractivity contribution in [2.24, 2.45) is 11.8 Å². The SMILES string of the molecule is CC/C=C/[C@@](CN1CCN2CCCC[C@@H]2C1)(OCC)[C@@H]1CC[C@H]1CN1C[C@@]2(CCCc3cc(Cl)ccc32)COc2ccc(C(=O)NS(=O)(=O)C(C)C)cc21. The van der Waals surface area contributed by atoms with Gasteiger partial charge >= 0.3 is 0 Å². The Labute approximate surface area is 328 Å². The summed E-state index contributed by atoms with van der Waals surface area (Å²) >= 11 is 6.52. The van der Waals surface area contributed by atoms with Crippen LogP contribution in [0.15, 0.2) is 48.6 Å². The van der Waals surface area contributed by atoms with Crippen LogP contribution >= 0.6 is 11.6 Å². The number of anilines is 1. The number of sulfonamides is 1. The molecule has 1 N–H and O–H groups in total. The molecule has 5 aliphatic rings. The van der Waals surface area contributed by atoms with Gasteiger partial charge in [0.2, 0.25) is 10.0 Å². The third kappa shape index (κ3) is 8.11. The second kappa shape index (κ2) is 16.5. The largest absolute Gasteiger partial charge is 0.490 e. The molecule has 54 heavy (non-hydrogen) atoms. The molecule has 0 bridgehead atoms. The number of carbonyl (C=O) groups is 1. The lowest BCUT2D eigenvalue weighted by Crippen LogP contribution is -2.61. The fraction of sp³-hybridized carbons (Fsp3) is 0.651. The molecule has 296 valence electrons. The number of carbonyl (C=O) groups excluding carboxylic acids is 1. The summed E-state index contributed by atoms with van der Waals surface area (Å²) in [6.07, 6.45) is 14.8. The number of hydrogen-bond donors (Lipinski definition) is 1. The van der Waals surface area contributed by atoms with Crippen molar-refractivity contribution < 1.29 is 22.7 Å². The molecular weight excluding hydrogens is 720 g/mol. The zero-order chi connectivity index (χ0) is 38.1. The number of piperazine rings is 1. The Kier molecular flexibility index (Phi) is 12.1. The van der Waals surface area contributed by atoms with Crippen molar-refractivity contribution in [2.75, 3.05) is 63.9 Å². The summed E-state index contributed by atoms with van der Waals surface area (Å²) in [5.41, 5.74) is 3.06. The van der Waals surface area contributed by atoms with E-state index >= 15 is 0 Å². The van der Waals surface area contributed by atoms with E-state index in [1.807, 2.05) is 18.2 Å². The second-order valence-electron chi connectivity index (χ2n) is 16.9. The molecule has 1 amide bonds. The lowest BCUT2D eigenvalue weighted by atomic mass is 9.63. The molecule has 2 aromatic rings. The van der Waals surface area contributed by atoms with Crippen molar-refractivity contribution in [3.63, 3.8) is 0 Å². The zero-order valence-electron chi connectivity index (χ0n) is 32.8. The summed E-state index contributed by atoms with van der Waals surface area (Å²) < 4.78 is 41.4. The minimum Gasteiger partial charge on any atom is -0.490 e. The predicted molar refractivity (Wildman–Crippen MR) is 217 cm³/mol. The zero-order valence-corrected chi connectivity index (χ0v) is 34.4. The highest BCUT2D eigenvalue weighted by molar-refractivity contribution is 7.90. The maximum atomic E-state index is 13.5. The van der Waals surface area contributed by atoms with E-state index in [0.29, 0.717) is 36.7 Å². The quantitative estimate of drug-likeness (QED) is 0.226. The van der Waals surface area contributed by atoms with Crippen LogP contribution in [0.3, 0.4) is 0 Å². The number of halogens is 1. The van der Waals surface area contributed by atoms with Crippen LogP contribution in [0.1, 0.15) is 101 Å². The Morgan fingerprint density at radius 1 is 1.09 bits per heavy atom. The number of hydrogen-bond acceptors (Lipinski definition) is 8. The van der Waals surface area contributed by atoms with Gasteiger partial charge in [-0.2, -0.15) is 0 Å². The smallest absolute Gasteiger partial charge is 0.264 e. The van der Waals surface area contributed by atoms with Crippen LogP contribution in [0.4, 0.5) is 5.69 Å². The highest BCUT2D eigenvalue weighted by atomic mass is 35.5. The van der Waals surface area contributed by atoms with Crippen LogP contribution in [0, 0.1) is 11.8 Å². The van der Waals surface area contributed by atoms with E-state index in [0.717, 1.165) is 94.3 Å². The Morgan fingerprint density at radius 2 is 1.94 bits per heavy atom. The van der Waals surface area contributed by atoms with Crippen molar-refractivity contribution in [3.05, 3.63) is 70.3 Å². The molecule has 11 heteroatoms. The molecular formula is C43H61ClN4O5S. The Morgan fingerprint density at radius 3 is 2.70 bits per heavy atom. The Bertz CT molecular complexity index is 1800. The van der Waals surface area contributed by atoms with Crippen LogP contribution in [0.25, 0.3) is 0 Å². The number of ether oxygens (including phenoxy) is 2. The van der Waals surface area contributed by atoms with Crippen LogP contribution in [-0.2, 0) is 26.6 Å². The molecule has 3 aliphatic heterocycles. The highest BCUT2D eigenvalue weighted by Gasteiger charge is 2.50. The molecule has 3 fully saturated rings. The summed E-state index contributed by atoms with van der Waals surface area (Å²) in [6.45, 7) is 15.6. The van der Waals surface area contributed by atoms with E-state index < -0.39 is 26.8 Å². The monoisotopic (exact) mass is 780 g/mol. The maximum absolute atomic E-state index is 13.5. The standard InChI is InChI=1S/C43H61ClN4O5S/c1-5-7-20-43(53-6-2,29-46-22-23-47-21-9-8-12-36(47)27-46)38-16-13-34(38)26-48-28-42(19-10-11-32-24-35(44)15-17-37(32)42)30-52-40-18-14-33(25-39(40)48)41(49)45-54(50,51)31(3)4/h7,14-15,17-18,20,24-25,31,34,36,38H,5-6,8-13,16,19,21-23,26-30H2,1-4H3,(H,45,49)/b20-7+/t34-,36+,38+,42-,43-/m0/s1. The summed E-state index contributed by atoms with van der Waals surface area (Å²) in [5, 5.41) is 0.0263. The molecule has 7 rings (SSSR count). The van der Waals surface area contributed by atoms with Crippen molar-refractivity contribution in [2.45, 2.75) is 108 Å². The fourth-order valence-electron chi connectivity index (χ4n) is 10.1. The van der Waals surface area contributed by atoms with Crippen LogP contribution in [-0.4, -0.2) is 100 Å². The highest BCUT2D eigenvalue weighted by Crippen LogP contribution is 2.49. The van der Waals surface area contributed by atoms with Gasteiger partial charge in [-0.3, -0.25) is 14.6 Å². The van der Waals surface area contributed by atoms with Gasteiger partial charge in [-0.1, -0.05) is 43.2 Å². The van der Waals surface area contributed by atoms with Gasteiger partial charge in [-0.25, -0.2) is 13.1 Å². The van der Waals surface area contributed by atoms with Crippen molar-refractivity contribution in [1.29, 1.82) is 0 Å². The molecule has 1 spiro atoms. The average Bonchev–Trinajstić information content (AvgIpc) is 3.29. The van der Waals surface area contributed by atoms with E-state index in [4.69, 9.17) is 21.1 Å². The van der Waals surface area contributed by atoms with Gasteiger partial charge in [0, 0.05) is 67.9 Å². The van der Waals surface area contributed by atoms with Crippen LogP contribution < -0.4 is 14.4 Å². The molecule has 0 unspecified atom stereocenters. The van der Waals surface area contributed by atoms with Crippen molar-refractivity contribution in [3.8, 4) is 5.75 Å². The van der Waals surface area contributed by atoms with Gasteiger partial charge in [-0.15, -0.1) is 0 Å². The summed E-state index contributed by atoms with van der Waals surface area (Å²) in [4.78, 5) is 21.3. The van der Waals surface area contributed by atoms with Gasteiger partial charge in [0.25, 0.3) is 5.91 Å². The molecule has 1 saturated carbocycles. The number of allylic oxidation sites excluding steroid dienone is 1. The topological polar surface area (TPSA) is 91.4 Å². The van der Waals surface area contributed by atoms with Gasteiger partial charge in [0.15, 0.2) is 0 Å². The van der Waals surface area contributed by atoms with Crippen LogP contribution in [0.2, 0.25) is 5.02 Å². The number of aryl methyl sites for hydroxylation is 1. The third-order valence-electron chi connectivity index (χ3n) is 13.1. The average molecular weight is 782 g/mol. The first-order valence-corrected chi connectivity index (χ1v) is 22.5. The van der Waals surface area contributed by atoms with Gasteiger partial charge in [-0.05, 0) is 132 Å².